The average molecular weight is 457 g/mol. The van der Waals surface area contributed by atoms with Crippen LogP contribution in [0.15, 0.2) is 72.8 Å². The number of aryl methyl sites for hydroxylation is 2. The molecule has 1 aliphatic heterocycles. The highest BCUT2D eigenvalue weighted by Crippen LogP contribution is 2.43. The van der Waals surface area contributed by atoms with E-state index in [1.807, 2.05) is 0 Å². The van der Waals surface area contributed by atoms with Crippen LogP contribution in [0.2, 0.25) is 0 Å². The summed E-state index contributed by atoms with van der Waals surface area (Å²) in [4.78, 5) is 4.91. The zero-order valence-electron chi connectivity index (χ0n) is 21.2. The van der Waals surface area contributed by atoms with Crippen LogP contribution in [0, 0.1) is 0 Å². The van der Waals surface area contributed by atoms with Gasteiger partial charge in [0.15, 0.2) is 0 Å². The molecule has 0 N–H and O–H groups in total. The largest absolute Gasteiger partial charge is 0.492 e. The van der Waals surface area contributed by atoms with Crippen molar-refractivity contribution in [3.63, 3.8) is 0 Å². The molecule has 0 fully saturated rings. The van der Waals surface area contributed by atoms with Gasteiger partial charge in [-0.3, -0.25) is 0 Å². The fraction of sp³-hybridized carbons (Fsp3) is 0.419. The molecule has 0 spiro atoms. The zero-order valence-corrected chi connectivity index (χ0v) is 21.2. The maximum Gasteiger partial charge on any atom is 0.119 e. The van der Waals surface area contributed by atoms with Gasteiger partial charge in [-0.2, -0.15) is 0 Å². The van der Waals surface area contributed by atoms with Crippen molar-refractivity contribution < 1.29 is 4.74 Å². The average Bonchev–Trinajstić information content (AvgIpc) is 2.90. The van der Waals surface area contributed by atoms with Crippen LogP contribution in [0.1, 0.15) is 62.8 Å². The first kappa shape index (κ1) is 24.3. The minimum absolute atomic E-state index is 0.338. The van der Waals surface area contributed by atoms with Crippen LogP contribution in [-0.2, 0) is 12.8 Å². The zero-order chi connectivity index (χ0) is 23.8. The summed E-state index contributed by atoms with van der Waals surface area (Å²) in [5.41, 5.74) is 6.82. The van der Waals surface area contributed by atoms with Gasteiger partial charge in [0.1, 0.15) is 12.4 Å². The highest BCUT2D eigenvalue weighted by Gasteiger charge is 2.28. The second-order valence-electron chi connectivity index (χ2n) is 9.27. The summed E-state index contributed by atoms with van der Waals surface area (Å²) in [6, 6.07) is 27.2. The first-order valence-electron chi connectivity index (χ1n) is 13.1. The Kier molecular flexibility index (Phi) is 8.65. The molecule has 0 radical (unpaired) electrons. The van der Waals surface area contributed by atoms with Gasteiger partial charge in [-0.05, 0) is 85.8 Å². The molecule has 1 atom stereocenters. The Hall–Kier alpha value is -2.78. The highest BCUT2D eigenvalue weighted by molar-refractivity contribution is 5.70. The maximum atomic E-state index is 6.05. The molecule has 4 rings (SSSR count). The summed E-state index contributed by atoms with van der Waals surface area (Å²) >= 11 is 0. The standard InChI is InChI=1S/C31H40N2O/c1-4-7-10-25-13-15-27(16-14-25)31-22-17-26-11-8-9-12-30(26)33(31)28-18-20-29(21-19-28)34-24-23-32(5-2)6-3/h8-9,11-16,18-21,31H,4-7,10,17,22-24H2,1-3H3. The van der Waals surface area contributed by atoms with Crippen molar-refractivity contribution in [3.05, 3.63) is 89.5 Å². The van der Waals surface area contributed by atoms with Gasteiger partial charge in [-0.25, -0.2) is 0 Å². The summed E-state index contributed by atoms with van der Waals surface area (Å²) in [6.07, 6.45) is 5.90. The monoisotopic (exact) mass is 456 g/mol. The smallest absolute Gasteiger partial charge is 0.119 e. The predicted octanol–water partition coefficient (Wildman–Crippen LogP) is 7.58. The van der Waals surface area contributed by atoms with Gasteiger partial charge < -0.3 is 14.5 Å². The van der Waals surface area contributed by atoms with E-state index in [0.717, 1.165) is 44.8 Å². The lowest BCUT2D eigenvalue weighted by Gasteiger charge is -2.39. The lowest BCUT2D eigenvalue weighted by Crippen LogP contribution is -2.29. The number of fused-ring (bicyclic) bond motifs is 1. The molecule has 0 aliphatic carbocycles. The molecule has 1 unspecified atom stereocenters. The van der Waals surface area contributed by atoms with Crippen molar-refractivity contribution >= 4 is 11.4 Å². The number of hydrogen-bond donors (Lipinski definition) is 0. The molecule has 3 aromatic carbocycles. The van der Waals surface area contributed by atoms with Crippen molar-refractivity contribution in [1.82, 2.24) is 4.90 Å². The lowest BCUT2D eigenvalue weighted by atomic mass is 9.90. The van der Waals surface area contributed by atoms with Crippen LogP contribution < -0.4 is 9.64 Å². The molecule has 34 heavy (non-hydrogen) atoms. The van der Waals surface area contributed by atoms with E-state index in [0.29, 0.717) is 6.04 Å². The van der Waals surface area contributed by atoms with E-state index in [1.54, 1.807) is 0 Å². The Morgan fingerprint density at radius 3 is 2.32 bits per heavy atom. The number of para-hydroxylation sites is 1. The Morgan fingerprint density at radius 1 is 0.882 bits per heavy atom. The molecule has 0 amide bonds. The van der Waals surface area contributed by atoms with Crippen molar-refractivity contribution in [1.29, 1.82) is 0 Å². The molecule has 0 aromatic heterocycles. The number of rotatable bonds is 11. The number of anilines is 2. The first-order chi connectivity index (χ1) is 16.7. The van der Waals surface area contributed by atoms with Gasteiger partial charge in [0, 0.05) is 17.9 Å². The van der Waals surface area contributed by atoms with E-state index in [9.17, 15) is 0 Å². The number of ether oxygens (including phenoxy) is 1. The van der Waals surface area contributed by atoms with E-state index < -0.39 is 0 Å². The Balaban J connectivity index is 1.55. The summed E-state index contributed by atoms with van der Waals surface area (Å²) in [6.45, 7) is 10.5. The van der Waals surface area contributed by atoms with E-state index >= 15 is 0 Å². The van der Waals surface area contributed by atoms with E-state index in [4.69, 9.17) is 4.74 Å². The minimum atomic E-state index is 0.338. The molecular weight excluding hydrogens is 416 g/mol. The van der Waals surface area contributed by atoms with Crippen molar-refractivity contribution in [2.75, 3.05) is 31.1 Å². The third-order valence-corrected chi connectivity index (χ3v) is 7.12. The SMILES string of the molecule is CCCCc1ccc(C2CCc3ccccc3N2c2ccc(OCCN(CC)CC)cc2)cc1. The van der Waals surface area contributed by atoms with E-state index in [-0.39, 0.29) is 0 Å². The van der Waals surface area contributed by atoms with Crippen LogP contribution in [0.4, 0.5) is 11.4 Å². The molecule has 0 bridgehead atoms. The third kappa shape index (κ3) is 5.82. The normalized spacial score (nSPS) is 15.4. The van der Waals surface area contributed by atoms with Crippen molar-refractivity contribution in [3.8, 4) is 5.75 Å². The van der Waals surface area contributed by atoms with Gasteiger partial charge in [0.05, 0.1) is 6.04 Å². The van der Waals surface area contributed by atoms with Crippen LogP contribution in [0.5, 0.6) is 5.75 Å². The Labute approximate surface area is 206 Å². The molecular formula is C31H40N2O. The topological polar surface area (TPSA) is 15.7 Å². The van der Waals surface area contributed by atoms with Crippen LogP contribution in [0.3, 0.4) is 0 Å². The third-order valence-electron chi connectivity index (χ3n) is 7.12. The van der Waals surface area contributed by atoms with Gasteiger partial charge >= 0.3 is 0 Å². The maximum absolute atomic E-state index is 6.05. The predicted molar refractivity (Wildman–Crippen MR) is 144 cm³/mol. The molecule has 0 saturated carbocycles. The number of likely N-dealkylation sites (N-methyl/N-ethyl adjacent to an activating group) is 1. The molecule has 1 heterocycles. The van der Waals surface area contributed by atoms with Gasteiger partial charge in [-0.15, -0.1) is 0 Å². The van der Waals surface area contributed by atoms with Crippen LogP contribution in [-0.4, -0.2) is 31.1 Å². The van der Waals surface area contributed by atoms with E-state index in [2.05, 4.69) is 103 Å². The highest BCUT2D eigenvalue weighted by atomic mass is 16.5. The summed E-state index contributed by atoms with van der Waals surface area (Å²) in [5.74, 6) is 0.943. The van der Waals surface area contributed by atoms with Gasteiger partial charge in [0.2, 0.25) is 0 Å². The summed E-state index contributed by atoms with van der Waals surface area (Å²) in [7, 11) is 0. The fourth-order valence-electron chi connectivity index (χ4n) is 5.00. The lowest BCUT2D eigenvalue weighted by molar-refractivity contribution is 0.223. The fourth-order valence-corrected chi connectivity index (χ4v) is 5.00. The van der Waals surface area contributed by atoms with Crippen molar-refractivity contribution in [2.24, 2.45) is 0 Å². The number of unbranched alkanes of at least 4 members (excludes halogenated alkanes) is 1. The van der Waals surface area contributed by atoms with Crippen LogP contribution >= 0.6 is 0 Å². The molecule has 1 aliphatic rings. The number of nitrogens with zero attached hydrogens (tertiary/aromatic N) is 2. The van der Waals surface area contributed by atoms with E-state index in [1.165, 1.54) is 47.3 Å². The molecule has 3 aromatic rings. The second kappa shape index (κ2) is 12.1. The summed E-state index contributed by atoms with van der Waals surface area (Å²) in [5, 5.41) is 0. The number of benzene rings is 3. The van der Waals surface area contributed by atoms with Gasteiger partial charge in [-0.1, -0.05) is 69.7 Å². The van der Waals surface area contributed by atoms with Gasteiger partial charge in [0.25, 0.3) is 0 Å². The molecule has 180 valence electrons. The van der Waals surface area contributed by atoms with Crippen LogP contribution in [0.25, 0.3) is 0 Å². The first-order valence-corrected chi connectivity index (χ1v) is 13.1. The Morgan fingerprint density at radius 2 is 1.62 bits per heavy atom. The molecule has 3 nitrogen and oxygen atoms in total. The quantitative estimate of drug-likeness (QED) is 0.296. The van der Waals surface area contributed by atoms with Crippen molar-refractivity contribution in [2.45, 2.75) is 58.9 Å². The molecule has 3 heteroatoms. The Bertz CT molecular complexity index is 1010. The second-order valence-corrected chi connectivity index (χ2v) is 9.27. The summed E-state index contributed by atoms with van der Waals surface area (Å²) < 4.78 is 6.05. The minimum Gasteiger partial charge on any atom is -0.492 e. The molecule has 0 saturated heterocycles. The number of hydrogen-bond acceptors (Lipinski definition) is 3.